The van der Waals surface area contributed by atoms with Crippen molar-refractivity contribution in [3.8, 4) is 6.07 Å². The van der Waals surface area contributed by atoms with Gasteiger partial charge < -0.3 is 4.90 Å². The average Bonchev–Trinajstić information content (AvgIpc) is 2.35. The Balaban J connectivity index is 2.73. The van der Waals surface area contributed by atoms with Gasteiger partial charge in [-0.05, 0) is 18.1 Å². The minimum absolute atomic E-state index is 0.0944. The lowest BCUT2D eigenvalue weighted by atomic mass is 10.1. The predicted molar refractivity (Wildman–Crippen MR) is 65.5 cm³/mol. The summed E-state index contributed by atoms with van der Waals surface area (Å²) in [5.41, 5.74) is 1.54. The molecule has 0 spiro atoms. The number of rotatable bonds is 4. The Morgan fingerprint density at radius 3 is 2.71 bits per heavy atom. The standard InChI is InChI=1S/C13H17N3O/c1-10(2)12-6-5-11(9-15-12)13(17)16(3)8-4-7-14/h5-6,9-10H,4,8H2,1-3H3. The molecule has 0 N–H and O–H groups in total. The molecule has 0 unspecified atom stereocenters. The fourth-order valence-corrected chi connectivity index (χ4v) is 1.41. The average molecular weight is 231 g/mol. The molecule has 0 saturated heterocycles. The lowest BCUT2D eigenvalue weighted by Gasteiger charge is -2.15. The van der Waals surface area contributed by atoms with Crippen LogP contribution < -0.4 is 0 Å². The zero-order valence-electron chi connectivity index (χ0n) is 10.5. The number of pyridine rings is 1. The van der Waals surface area contributed by atoms with Gasteiger partial charge in [-0.15, -0.1) is 0 Å². The van der Waals surface area contributed by atoms with Crippen molar-refractivity contribution in [1.29, 1.82) is 5.26 Å². The second kappa shape index (κ2) is 6.00. The van der Waals surface area contributed by atoms with Crippen molar-refractivity contribution in [2.24, 2.45) is 0 Å². The maximum Gasteiger partial charge on any atom is 0.255 e. The van der Waals surface area contributed by atoms with Crippen molar-refractivity contribution in [2.45, 2.75) is 26.2 Å². The third kappa shape index (κ3) is 3.56. The van der Waals surface area contributed by atoms with Gasteiger partial charge in [0.25, 0.3) is 5.91 Å². The summed E-state index contributed by atoms with van der Waals surface area (Å²) in [7, 11) is 1.69. The van der Waals surface area contributed by atoms with Gasteiger partial charge in [-0.25, -0.2) is 0 Å². The second-order valence-corrected chi connectivity index (χ2v) is 4.26. The summed E-state index contributed by atoms with van der Waals surface area (Å²) in [6, 6.07) is 5.68. The Hall–Kier alpha value is -1.89. The maximum atomic E-state index is 11.9. The summed E-state index contributed by atoms with van der Waals surface area (Å²) in [6.45, 7) is 4.56. The predicted octanol–water partition coefficient (Wildman–Crippen LogP) is 2.19. The highest BCUT2D eigenvalue weighted by Crippen LogP contribution is 2.12. The number of nitrogens with zero attached hydrogens (tertiary/aromatic N) is 3. The third-order valence-electron chi connectivity index (χ3n) is 2.53. The summed E-state index contributed by atoms with van der Waals surface area (Å²) in [5.74, 6) is 0.263. The van der Waals surface area contributed by atoms with Crippen LogP contribution >= 0.6 is 0 Å². The summed E-state index contributed by atoms with van der Waals surface area (Å²) in [4.78, 5) is 17.7. The molecule has 1 rings (SSSR count). The van der Waals surface area contributed by atoms with Crippen molar-refractivity contribution in [3.05, 3.63) is 29.6 Å². The minimum Gasteiger partial charge on any atom is -0.341 e. The lowest BCUT2D eigenvalue weighted by Crippen LogP contribution is -2.27. The molecule has 0 aromatic carbocycles. The first-order valence-electron chi connectivity index (χ1n) is 5.64. The number of hydrogen-bond donors (Lipinski definition) is 0. The van der Waals surface area contributed by atoms with E-state index in [9.17, 15) is 4.79 Å². The Bertz CT molecular complexity index is 417. The van der Waals surface area contributed by atoms with Gasteiger partial charge in [0.05, 0.1) is 18.1 Å². The van der Waals surface area contributed by atoms with E-state index in [2.05, 4.69) is 18.8 Å². The highest BCUT2D eigenvalue weighted by Gasteiger charge is 2.12. The first kappa shape index (κ1) is 13.2. The monoisotopic (exact) mass is 231 g/mol. The van der Waals surface area contributed by atoms with Crippen molar-refractivity contribution in [1.82, 2.24) is 9.88 Å². The number of carbonyl (C=O) groups excluding carboxylic acids is 1. The zero-order valence-corrected chi connectivity index (χ0v) is 10.5. The van der Waals surface area contributed by atoms with E-state index in [-0.39, 0.29) is 5.91 Å². The second-order valence-electron chi connectivity index (χ2n) is 4.26. The fourth-order valence-electron chi connectivity index (χ4n) is 1.41. The lowest BCUT2D eigenvalue weighted by molar-refractivity contribution is 0.0797. The van der Waals surface area contributed by atoms with Gasteiger partial charge >= 0.3 is 0 Å². The van der Waals surface area contributed by atoms with Crippen LogP contribution in [0.3, 0.4) is 0 Å². The van der Waals surface area contributed by atoms with Gasteiger partial charge in [0.15, 0.2) is 0 Å². The molecule has 0 radical (unpaired) electrons. The molecule has 4 heteroatoms. The molecule has 0 aliphatic rings. The molecule has 0 fully saturated rings. The zero-order chi connectivity index (χ0) is 12.8. The molecular weight excluding hydrogens is 214 g/mol. The molecule has 0 aliphatic carbocycles. The van der Waals surface area contributed by atoms with Gasteiger partial charge in [-0.3, -0.25) is 9.78 Å². The quantitative estimate of drug-likeness (QED) is 0.798. The van der Waals surface area contributed by atoms with Gasteiger partial charge in [-0.1, -0.05) is 13.8 Å². The molecule has 90 valence electrons. The van der Waals surface area contributed by atoms with Crippen LogP contribution in [-0.4, -0.2) is 29.4 Å². The van der Waals surface area contributed by atoms with Crippen molar-refractivity contribution in [3.63, 3.8) is 0 Å². The van der Waals surface area contributed by atoms with Crippen LogP contribution in [-0.2, 0) is 0 Å². The van der Waals surface area contributed by atoms with E-state index in [1.165, 1.54) is 4.90 Å². The summed E-state index contributed by atoms with van der Waals surface area (Å²) >= 11 is 0. The van der Waals surface area contributed by atoms with E-state index in [1.54, 1.807) is 19.3 Å². The van der Waals surface area contributed by atoms with Crippen LogP contribution in [0.2, 0.25) is 0 Å². The Labute approximate surface area is 102 Å². The number of amides is 1. The van der Waals surface area contributed by atoms with E-state index in [0.29, 0.717) is 24.4 Å². The molecule has 4 nitrogen and oxygen atoms in total. The smallest absolute Gasteiger partial charge is 0.255 e. The van der Waals surface area contributed by atoms with E-state index in [1.807, 2.05) is 12.1 Å². The van der Waals surface area contributed by atoms with Crippen LogP contribution in [0.25, 0.3) is 0 Å². The largest absolute Gasteiger partial charge is 0.341 e. The molecule has 0 aliphatic heterocycles. The molecule has 0 saturated carbocycles. The topological polar surface area (TPSA) is 57.0 Å². The van der Waals surface area contributed by atoms with Crippen LogP contribution in [0.4, 0.5) is 0 Å². The normalized spacial score (nSPS) is 10.1. The molecule has 0 atom stereocenters. The van der Waals surface area contributed by atoms with Crippen LogP contribution in [0.5, 0.6) is 0 Å². The first-order valence-corrected chi connectivity index (χ1v) is 5.64. The summed E-state index contributed by atoms with van der Waals surface area (Å²) in [5, 5.41) is 8.46. The molecule has 1 heterocycles. The summed E-state index contributed by atoms with van der Waals surface area (Å²) in [6.07, 6.45) is 1.94. The highest BCUT2D eigenvalue weighted by atomic mass is 16.2. The van der Waals surface area contributed by atoms with E-state index in [4.69, 9.17) is 5.26 Å². The van der Waals surface area contributed by atoms with E-state index < -0.39 is 0 Å². The molecular formula is C13H17N3O. The number of aromatic nitrogens is 1. The van der Waals surface area contributed by atoms with E-state index >= 15 is 0 Å². The number of hydrogen-bond acceptors (Lipinski definition) is 3. The maximum absolute atomic E-state index is 11.9. The summed E-state index contributed by atoms with van der Waals surface area (Å²) < 4.78 is 0. The van der Waals surface area contributed by atoms with E-state index in [0.717, 1.165) is 5.69 Å². The molecule has 1 aromatic heterocycles. The third-order valence-corrected chi connectivity index (χ3v) is 2.53. The molecule has 0 bridgehead atoms. The Kier molecular flexibility index (Phi) is 4.65. The Morgan fingerprint density at radius 2 is 2.24 bits per heavy atom. The van der Waals surface area contributed by atoms with Crippen LogP contribution in [0.15, 0.2) is 18.3 Å². The van der Waals surface area contributed by atoms with Crippen molar-refractivity contribution in [2.75, 3.05) is 13.6 Å². The van der Waals surface area contributed by atoms with Crippen molar-refractivity contribution >= 4 is 5.91 Å². The molecule has 1 aromatic rings. The van der Waals surface area contributed by atoms with Crippen LogP contribution in [0.1, 0.15) is 42.2 Å². The van der Waals surface area contributed by atoms with Crippen molar-refractivity contribution < 1.29 is 4.79 Å². The van der Waals surface area contributed by atoms with Gasteiger partial charge in [0.2, 0.25) is 0 Å². The highest BCUT2D eigenvalue weighted by molar-refractivity contribution is 5.93. The molecule has 1 amide bonds. The molecule has 17 heavy (non-hydrogen) atoms. The number of nitriles is 1. The van der Waals surface area contributed by atoms with Gasteiger partial charge in [-0.2, -0.15) is 5.26 Å². The fraction of sp³-hybridized carbons (Fsp3) is 0.462. The van der Waals surface area contributed by atoms with Crippen LogP contribution in [0, 0.1) is 11.3 Å². The Morgan fingerprint density at radius 1 is 1.53 bits per heavy atom. The van der Waals surface area contributed by atoms with Gasteiger partial charge in [0, 0.05) is 25.5 Å². The minimum atomic E-state index is -0.0944. The number of carbonyl (C=O) groups is 1. The van der Waals surface area contributed by atoms with Gasteiger partial charge in [0.1, 0.15) is 0 Å². The SMILES string of the molecule is CC(C)c1ccc(C(=O)N(C)CCC#N)cn1. The first-order chi connectivity index (χ1) is 8.06.